The third kappa shape index (κ3) is 3.01. The second-order valence-corrected chi connectivity index (χ2v) is 7.96. The zero-order valence-corrected chi connectivity index (χ0v) is 15.0. The van der Waals surface area contributed by atoms with Gasteiger partial charge in [-0.3, -0.25) is 9.88 Å². The second kappa shape index (κ2) is 5.87. The maximum Gasteiger partial charge on any atom is 0.411 e. The van der Waals surface area contributed by atoms with Crippen LogP contribution in [-0.2, 0) is 4.74 Å². The fourth-order valence-electron chi connectivity index (χ4n) is 4.00. The van der Waals surface area contributed by atoms with Gasteiger partial charge in [-0.15, -0.1) is 0 Å². The summed E-state index contributed by atoms with van der Waals surface area (Å²) >= 11 is 0. The molecule has 1 aromatic heterocycles. The van der Waals surface area contributed by atoms with Crippen LogP contribution in [0, 0.1) is 0 Å². The van der Waals surface area contributed by atoms with Crippen LogP contribution >= 0.6 is 0 Å². The van der Waals surface area contributed by atoms with E-state index in [1.807, 2.05) is 44.0 Å². The summed E-state index contributed by atoms with van der Waals surface area (Å²) in [6, 6.07) is 10.7. The van der Waals surface area contributed by atoms with Crippen LogP contribution in [0.25, 0.3) is 16.5 Å². The number of carbonyl (C=O) groups excluding carboxylic acids is 1. The van der Waals surface area contributed by atoms with E-state index in [2.05, 4.69) is 29.3 Å². The van der Waals surface area contributed by atoms with Crippen molar-refractivity contribution in [3.05, 3.63) is 48.2 Å². The third-order valence-electron chi connectivity index (χ3n) is 4.99. The van der Waals surface area contributed by atoms with Gasteiger partial charge in [0.1, 0.15) is 5.60 Å². The smallest absolute Gasteiger partial charge is 0.411 e. The molecular formula is C21H24N2O2. The molecule has 4 rings (SSSR count). The number of para-hydroxylation sites is 1. The van der Waals surface area contributed by atoms with Crippen LogP contribution in [0.15, 0.2) is 42.6 Å². The first kappa shape index (κ1) is 16.1. The van der Waals surface area contributed by atoms with Gasteiger partial charge in [0.25, 0.3) is 0 Å². The van der Waals surface area contributed by atoms with Gasteiger partial charge >= 0.3 is 6.09 Å². The molecule has 2 atom stereocenters. The Morgan fingerprint density at radius 3 is 2.76 bits per heavy atom. The molecule has 4 nitrogen and oxygen atoms in total. The van der Waals surface area contributed by atoms with E-state index in [1.165, 1.54) is 16.5 Å². The Balaban J connectivity index is 1.66. The normalized spacial score (nSPS) is 22.8. The van der Waals surface area contributed by atoms with Crippen molar-refractivity contribution in [3.8, 4) is 0 Å². The molecule has 0 radical (unpaired) electrons. The molecule has 0 saturated carbocycles. The zero-order valence-electron chi connectivity index (χ0n) is 15.0. The number of hydrogen-bond acceptors (Lipinski definition) is 3. The number of nitrogens with zero attached hydrogens (tertiary/aromatic N) is 2. The van der Waals surface area contributed by atoms with E-state index in [0.717, 1.165) is 24.8 Å². The number of amides is 1. The minimum absolute atomic E-state index is 0.135. The molecule has 2 bridgehead atoms. The summed E-state index contributed by atoms with van der Waals surface area (Å²) in [4.78, 5) is 19.0. The van der Waals surface area contributed by atoms with E-state index < -0.39 is 5.60 Å². The van der Waals surface area contributed by atoms with E-state index in [9.17, 15) is 4.79 Å². The molecule has 3 heterocycles. The topological polar surface area (TPSA) is 42.4 Å². The first-order valence-electron chi connectivity index (χ1n) is 8.98. The van der Waals surface area contributed by atoms with Crippen molar-refractivity contribution < 1.29 is 9.53 Å². The number of rotatable bonds is 1. The maximum atomic E-state index is 12.6. The summed E-state index contributed by atoms with van der Waals surface area (Å²) < 4.78 is 5.62. The minimum Gasteiger partial charge on any atom is -0.444 e. The van der Waals surface area contributed by atoms with Crippen molar-refractivity contribution in [2.75, 3.05) is 0 Å². The maximum absolute atomic E-state index is 12.6. The lowest BCUT2D eigenvalue weighted by atomic mass is 9.93. The Labute approximate surface area is 148 Å². The molecule has 25 heavy (non-hydrogen) atoms. The Morgan fingerprint density at radius 2 is 2.00 bits per heavy atom. The van der Waals surface area contributed by atoms with Crippen molar-refractivity contribution in [2.24, 2.45) is 0 Å². The molecule has 0 N–H and O–H groups in total. The van der Waals surface area contributed by atoms with Crippen LogP contribution in [0.4, 0.5) is 4.79 Å². The molecule has 1 fully saturated rings. The fraction of sp³-hybridized carbons (Fsp3) is 0.429. The Hall–Kier alpha value is -2.36. The Bertz CT molecular complexity index is 845. The number of carbonyl (C=O) groups is 1. The van der Waals surface area contributed by atoms with Gasteiger partial charge in [-0.1, -0.05) is 24.3 Å². The van der Waals surface area contributed by atoms with E-state index in [-0.39, 0.29) is 18.2 Å². The zero-order chi connectivity index (χ0) is 17.6. The predicted octanol–water partition coefficient (Wildman–Crippen LogP) is 4.79. The third-order valence-corrected chi connectivity index (χ3v) is 4.99. The van der Waals surface area contributed by atoms with Crippen molar-refractivity contribution in [2.45, 2.75) is 57.7 Å². The number of pyridine rings is 1. The average Bonchev–Trinajstić information content (AvgIpc) is 2.83. The van der Waals surface area contributed by atoms with Crippen molar-refractivity contribution in [1.29, 1.82) is 0 Å². The molecule has 1 saturated heterocycles. The van der Waals surface area contributed by atoms with E-state index in [0.29, 0.717) is 0 Å². The number of aromatic nitrogens is 1. The van der Waals surface area contributed by atoms with Crippen LogP contribution in [0.5, 0.6) is 0 Å². The molecule has 4 heteroatoms. The Kier molecular flexibility index (Phi) is 3.78. The molecule has 2 unspecified atom stereocenters. The van der Waals surface area contributed by atoms with Crippen LogP contribution < -0.4 is 0 Å². The lowest BCUT2D eigenvalue weighted by molar-refractivity contribution is 0.0175. The monoisotopic (exact) mass is 336 g/mol. The van der Waals surface area contributed by atoms with Crippen LogP contribution in [0.1, 0.15) is 45.6 Å². The highest BCUT2D eigenvalue weighted by Gasteiger charge is 2.41. The van der Waals surface area contributed by atoms with Gasteiger partial charge in [-0.25, -0.2) is 4.79 Å². The molecular weight excluding hydrogens is 312 g/mol. The molecule has 1 aromatic carbocycles. The first-order chi connectivity index (χ1) is 11.9. The highest BCUT2D eigenvalue weighted by atomic mass is 16.6. The highest BCUT2D eigenvalue weighted by Crippen LogP contribution is 2.40. The van der Waals surface area contributed by atoms with Crippen molar-refractivity contribution in [3.63, 3.8) is 0 Å². The summed E-state index contributed by atoms with van der Waals surface area (Å²) in [7, 11) is 0. The van der Waals surface area contributed by atoms with Crippen LogP contribution in [0.2, 0.25) is 0 Å². The van der Waals surface area contributed by atoms with Gasteiger partial charge in [0.2, 0.25) is 0 Å². The number of fused-ring (bicyclic) bond motifs is 3. The quantitative estimate of drug-likeness (QED) is 0.752. The van der Waals surface area contributed by atoms with Gasteiger partial charge in [-0.05, 0) is 63.3 Å². The van der Waals surface area contributed by atoms with Crippen LogP contribution in [0.3, 0.4) is 0 Å². The molecule has 0 aliphatic carbocycles. The van der Waals surface area contributed by atoms with Gasteiger partial charge in [0.15, 0.2) is 0 Å². The summed E-state index contributed by atoms with van der Waals surface area (Å²) in [5.74, 6) is 0. The van der Waals surface area contributed by atoms with Crippen molar-refractivity contribution >= 4 is 22.6 Å². The molecule has 2 aliphatic rings. The van der Waals surface area contributed by atoms with Gasteiger partial charge < -0.3 is 4.74 Å². The molecule has 0 spiro atoms. The molecule has 1 amide bonds. The number of hydrogen-bond donors (Lipinski definition) is 0. The van der Waals surface area contributed by atoms with Crippen LogP contribution in [-0.4, -0.2) is 33.7 Å². The first-order valence-corrected chi connectivity index (χ1v) is 8.98. The van der Waals surface area contributed by atoms with Gasteiger partial charge in [0.05, 0.1) is 11.6 Å². The van der Waals surface area contributed by atoms with Crippen molar-refractivity contribution in [1.82, 2.24) is 9.88 Å². The van der Waals surface area contributed by atoms with E-state index in [1.54, 1.807) is 0 Å². The molecule has 2 aliphatic heterocycles. The average molecular weight is 336 g/mol. The summed E-state index contributed by atoms with van der Waals surface area (Å²) in [6.07, 6.45) is 6.87. The molecule has 2 aromatic rings. The highest BCUT2D eigenvalue weighted by molar-refractivity contribution is 5.92. The number of ether oxygens (including phenoxy) is 1. The largest absolute Gasteiger partial charge is 0.444 e. The summed E-state index contributed by atoms with van der Waals surface area (Å²) in [5, 5.41) is 1.18. The second-order valence-electron chi connectivity index (χ2n) is 7.96. The predicted molar refractivity (Wildman–Crippen MR) is 99.2 cm³/mol. The molecule has 130 valence electrons. The fourth-order valence-corrected chi connectivity index (χ4v) is 4.00. The van der Waals surface area contributed by atoms with E-state index in [4.69, 9.17) is 4.74 Å². The van der Waals surface area contributed by atoms with Gasteiger partial charge in [0, 0.05) is 17.6 Å². The lowest BCUT2D eigenvalue weighted by Crippen LogP contribution is -2.45. The minimum atomic E-state index is -0.457. The SMILES string of the molecule is CC(C)(C)OC(=O)N1C2C=C(c3ccnc4ccccc34)CC1CC2. The lowest BCUT2D eigenvalue weighted by Gasteiger charge is -2.35. The number of benzene rings is 1. The Morgan fingerprint density at radius 1 is 1.20 bits per heavy atom. The standard InChI is InChI=1S/C21H24N2O2/c1-21(2,3)25-20(24)23-15-8-9-16(23)13-14(12-15)17-10-11-22-19-7-5-4-6-18(17)19/h4-7,10-12,15-16H,8-9,13H2,1-3H3. The van der Waals surface area contributed by atoms with Gasteiger partial charge in [-0.2, -0.15) is 0 Å². The summed E-state index contributed by atoms with van der Waals surface area (Å²) in [6.45, 7) is 5.75. The van der Waals surface area contributed by atoms with E-state index >= 15 is 0 Å². The summed E-state index contributed by atoms with van der Waals surface area (Å²) in [5.41, 5.74) is 3.13.